The molecule has 0 rings (SSSR count). The van der Waals surface area contributed by atoms with Crippen molar-refractivity contribution in [1.82, 2.24) is 0 Å². The molecule has 0 aromatic carbocycles. The van der Waals surface area contributed by atoms with Crippen LogP contribution >= 0.6 is 0 Å². The van der Waals surface area contributed by atoms with E-state index >= 15 is 0 Å². The van der Waals surface area contributed by atoms with Crippen molar-refractivity contribution >= 4 is 0 Å². The molecule has 0 aromatic rings. The SMILES string of the molecule is C=C(CCCC(C)C)[C@H](CCC(C)C)CC[C@@H](C)CC. The first kappa shape index (κ1) is 19.7. The first-order valence-corrected chi connectivity index (χ1v) is 9.04. The average molecular weight is 281 g/mol. The van der Waals surface area contributed by atoms with E-state index in [0.717, 1.165) is 23.7 Å². The minimum Gasteiger partial charge on any atom is -0.0996 e. The summed E-state index contributed by atoms with van der Waals surface area (Å²) in [5, 5.41) is 0. The third kappa shape index (κ3) is 10.5. The molecule has 0 aromatic heterocycles. The highest BCUT2D eigenvalue weighted by molar-refractivity contribution is 5.00. The predicted molar refractivity (Wildman–Crippen MR) is 94.1 cm³/mol. The summed E-state index contributed by atoms with van der Waals surface area (Å²) in [7, 11) is 0. The molecule has 0 heterocycles. The van der Waals surface area contributed by atoms with Crippen molar-refractivity contribution in [2.45, 2.75) is 92.9 Å². The normalized spacial score (nSPS) is 14.8. The van der Waals surface area contributed by atoms with Crippen molar-refractivity contribution < 1.29 is 0 Å². The van der Waals surface area contributed by atoms with Gasteiger partial charge in [0, 0.05) is 0 Å². The van der Waals surface area contributed by atoms with Gasteiger partial charge in [-0.2, -0.15) is 0 Å². The monoisotopic (exact) mass is 280 g/mol. The molecule has 0 saturated heterocycles. The van der Waals surface area contributed by atoms with Crippen molar-refractivity contribution in [3.63, 3.8) is 0 Å². The molecule has 0 aliphatic carbocycles. The molecule has 0 aliphatic heterocycles. The highest BCUT2D eigenvalue weighted by Crippen LogP contribution is 2.29. The molecule has 0 fully saturated rings. The maximum atomic E-state index is 4.43. The van der Waals surface area contributed by atoms with Crippen LogP contribution < -0.4 is 0 Å². The molecule has 0 N–H and O–H groups in total. The second-order valence-electron chi connectivity index (χ2n) is 7.70. The molecule has 0 unspecified atom stereocenters. The highest BCUT2D eigenvalue weighted by atomic mass is 14.2. The first-order chi connectivity index (χ1) is 9.36. The van der Waals surface area contributed by atoms with Crippen LogP contribution in [0.25, 0.3) is 0 Å². The second-order valence-corrected chi connectivity index (χ2v) is 7.70. The van der Waals surface area contributed by atoms with Gasteiger partial charge in [-0.3, -0.25) is 0 Å². The van der Waals surface area contributed by atoms with Crippen LogP contribution in [0.2, 0.25) is 0 Å². The van der Waals surface area contributed by atoms with E-state index in [9.17, 15) is 0 Å². The molecule has 0 heteroatoms. The largest absolute Gasteiger partial charge is 0.0996 e. The fourth-order valence-electron chi connectivity index (χ4n) is 2.72. The summed E-state index contributed by atoms with van der Waals surface area (Å²) >= 11 is 0. The summed E-state index contributed by atoms with van der Waals surface area (Å²) in [5.74, 6) is 3.31. The van der Waals surface area contributed by atoms with E-state index in [1.54, 1.807) is 0 Å². The smallest absolute Gasteiger partial charge is 0.0206 e. The lowest BCUT2D eigenvalue weighted by atomic mass is 9.83. The van der Waals surface area contributed by atoms with Gasteiger partial charge in [-0.05, 0) is 49.4 Å². The van der Waals surface area contributed by atoms with Crippen LogP contribution in [0.5, 0.6) is 0 Å². The van der Waals surface area contributed by atoms with E-state index < -0.39 is 0 Å². The molecule has 0 amide bonds. The van der Waals surface area contributed by atoms with Crippen LogP contribution in [0.4, 0.5) is 0 Å². The standard InChI is InChI=1S/C20H40/c1-8-18(6)13-15-20(14-12-17(4)5)19(7)11-9-10-16(2)3/h16-18,20H,7-15H2,1-6H3/t18-,20+/m0/s1. The lowest BCUT2D eigenvalue weighted by molar-refractivity contribution is 0.384. The second kappa shape index (κ2) is 11.4. The maximum absolute atomic E-state index is 4.43. The molecule has 2 atom stereocenters. The van der Waals surface area contributed by atoms with Gasteiger partial charge in [0.05, 0.1) is 0 Å². The third-order valence-electron chi connectivity index (χ3n) is 4.65. The quantitative estimate of drug-likeness (QED) is 0.330. The van der Waals surface area contributed by atoms with Gasteiger partial charge in [0.1, 0.15) is 0 Å². The summed E-state index contributed by atoms with van der Waals surface area (Å²) in [6.07, 6.45) is 10.7. The van der Waals surface area contributed by atoms with E-state index in [-0.39, 0.29) is 0 Å². The predicted octanol–water partition coefficient (Wildman–Crippen LogP) is 7.25. The van der Waals surface area contributed by atoms with Crippen molar-refractivity contribution in [2.75, 3.05) is 0 Å². The van der Waals surface area contributed by atoms with Gasteiger partial charge in [0.25, 0.3) is 0 Å². The van der Waals surface area contributed by atoms with E-state index in [2.05, 4.69) is 48.1 Å². The van der Waals surface area contributed by atoms with Gasteiger partial charge >= 0.3 is 0 Å². The zero-order valence-electron chi connectivity index (χ0n) is 15.2. The number of hydrogen-bond acceptors (Lipinski definition) is 0. The van der Waals surface area contributed by atoms with Crippen LogP contribution in [0.1, 0.15) is 92.9 Å². The van der Waals surface area contributed by atoms with Gasteiger partial charge in [0.15, 0.2) is 0 Å². The van der Waals surface area contributed by atoms with Crippen molar-refractivity contribution in [2.24, 2.45) is 23.7 Å². The highest BCUT2D eigenvalue weighted by Gasteiger charge is 2.14. The molecular formula is C20H40. The lowest BCUT2D eigenvalue weighted by Gasteiger charge is -2.22. The lowest BCUT2D eigenvalue weighted by Crippen LogP contribution is -2.08. The molecule has 0 bridgehead atoms. The third-order valence-corrected chi connectivity index (χ3v) is 4.65. The van der Waals surface area contributed by atoms with Gasteiger partial charge < -0.3 is 0 Å². The van der Waals surface area contributed by atoms with Gasteiger partial charge in [-0.15, -0.1) is 0 Å². The Bertz CT molecular complexity index is 236. The number of hydrogen-bond donors (Lipinski definition) is 0. The molecule has 0 aliphatic rings. The average Bonchev–Trinajstić information content (AvgIpc) is 2.37. The van der Waals surface area contributed by atoms with E-state index in [1.165, 1.54) is 56.9 Å². The van der Waals surface area contributed by atoms with Crippen molar-refractivity contribution in [3.05, 3.63) is 12.2 Å². The molecular weight excluding hydrogens is 240 g/mol. The summed E-state index contributed by atoms with van der Waals surface area (Å²) in [6.45, 7) is 18.5. The van der Waals surface area contributed by atoms with Crippen LogP contribution in [0.15, 0.2) is 12.2 Å². The Morgan fingerprint density at radius 3 is 1.85 bits per heavy atom. The minimum absolute atomic E-state index is 0.776. The zero-order chi connectivity index (χ0) is 15.5. The van der Waals surface area contributed by atoms with E-state index in [4.69, 9.17) is 0 Å². The fourth-order valence-corrected chi connectivity index (χ4v) is 2.72. The molecule has 0 spiro atoms. The molecule has 0 radical (unpaired) electrons. The summed E-state index contributed by atoms with van der Waals surface area (Å²) in [6, 6.07) is 0. The van der Waals surface area contributed by atoms with Crippen LogP contribution in [-0.4, -0.2) is 0 Å². The Morgan fingerprint density at radius 2 is 1.35 bits per heavy atom. The van der Waals surface area contributed by atoms with Gasteiger partial charge in [0.2, 0.25) is 0 Å². The minimum atomic E-state index is 0.776. The fraction of sp³-hybridized carbons (Fsp3) is 0.900. The van der Waals surface area contributed by atoms with Crippen LogP contribution in [0.3, 0.4) is 0 Å². The Kier molecular flexibility index (Phi) is 11.3. The first-order valence-electron chi connectivity index (χ1n) is 9.04. The molecule has 20 heavy (non-hydrogen) atoms. The topological polar surface area (TPSA) is 0 Å². The molecule has 0 saturated carbocycles. The van der Waals surface area contributed by atoms with E-state index in [1.807, 2.05) is 0 Å². The number of rotatable bonds is 12. The molecule has 120 valence electrons. The Hall–Kier alpha value is -0.260. The Labute approximate surface area is 129 Å². The number of allylic oxidation sites excluding steroid dienone is 1. The zero-order valence-corrected chi connectivity index (χ0v) is 15.2. The summed E-state index contributed by atoms with van der Waals surface area (Å²) < 4.78 is 0. The van der Waals surface area contributed by atoms with Gasteiger partial charge in [-0.25, -0.2) is 0 Å². The maximum Gasteiger partial charge on any atom is -0.0206 e. The summed E-state index contributed by atoms with van der Waals surface area (Å²) in [4.78, 5) is 0. The summed E-state index contributed by atoms with van der Waals surface area (Å²) in [5.41, 5.74) is 1.54. The van der Waals surface area contributed by atoms with E-state index in [0.29, 0.717) is 0 Å². The van der Waals surface area contributed by atoms with Gasteiger partial charge in [-0.1, -0.05) is 79.4 Å². The Morgan fingerprint density at radius 1 is 0.800 bits per heavy atom. The molecule has 0 nitrogen and oxygen atoms in total. The Balaban J connectivity index is 4.22. The van der Waals surface area contributed by atoms with Crippen molar-refractivity contribution in [1.29, 1.82) is 0 Å². The van der Waals surface area contributed by atoms with Crippen LogP contribution in [0, 0.1) is 23.7 Å². The van der Waals surface area contributed by atoms with Crippen LogP contribution in [-0.2, 0) is 0 Å². The van der Waals surface area contributed by atoms with Crippen molar-refractivity contribution in [3.8, 4) is 0 Å².